The van der Waals surface area contributed by atoms with Crippen LogP contribution in [0.3, 0.4) is 0 Å². The summed E-state index contributed by atoms with van der Waals surface area (Å²) in [6.07, 6.45) is 0.873. The van der Waals surface area contributed by atoms with E-state index in [1.54, 1.807) is 18.2 Å². The molecule has 37 heavy (non-hydrogen) atoms. The zero-order chi connectivity index (χ0) is 25.9. The molecule has 0 aliphatic carbocycles. The van der Waals surface area contributed by atoms with Crippen molar-refractivity contribution in [3.05, 3.63) is 123 Å². The van der Waals surface area contributed by atoms with E-state index in [9.17, 15) is 14.7 Å². The molecule has 1 fully saturated rings. The number of benzene rings is 3. The van der Waals surface area contributed by atoms with Gasteiger partial charge >= 0.3 is 0 Å². The molecule has 186 valence electrons. The van der Waals surface area contributed by atoms with E-state index in [1.807, 2.05) is 79.0 Å². The Morgan fingerprint density at radius 2 is 1.70 bits per heavy atom. The lowest BCUT2D eigenvalue weighted by atomic mass is 9.98. The van der Waals surface area contributed by atoms with Crippen LogP contribution >= 0.6 is 11.3 Å². The number of amides is 1. The molecule has 2 heterocycles. The molecular weight excluding hydrogens is 482 g/mol. The monoisotopic (exact) mass is 509 g/mol. The van der Waals surface area contributed by atoms with Gasteiger partial charge < -0.3 is 9.84 Å². The van der Waals surface area contributed by atoms with Crippen LogP contribution in [0.5, 0.6) is 5.75 Å². The standard InChI is InChI=1S/C31H27NO4S/c1-3-21-11-14-24(15-12-21)32-28(26-10-7-17-37-26)27(30(34)31(32)35)29(33)23-13-16-25(20(2)18-23)36-19-22-8-5-4-6-9-22/h4-18,28,33H,3,19H2,1-2H3/b29-27-. The molecular formula is C31H27NO4S. The fourth-order valence-corrected chi connectivity index (χ4v) is 5.38. The predicted molar refractivity (Wildman–Crippen MR) is 147 cm³/mol. The average molecular weight is 510 g/mol. The number of aryl methyl sites for hydroxylation is 2. The first-order valence-corrected chi connectivity index (χ1v) is 13.1. The quantitative estimate of drug-likeness (QED) is 0.169. The number of ketones is 1. The number of Topliss-reactive ketones (excluding diaryl/α,β-unsaturated/α-hetero) is 1. The first-order valence-electron chi connectivity index (χ1n) is 12.2. The van der Waals surface area contributed by atoms with Gasteiger partial charge in [-0.15, -0.1) is 11.3 Å². The van der Waals surface area contributed by atoms with Gasteiger partial charge in [-0.05, 0) is 71.8 Å². The largest absolute Gasteiger partial charge is 0.507 e. The maximum atomic E-state index is 13.3. The van der Waals surface area contributed by atoms with E-state index < -0.39 is 17.7 Å². The molecule has 0 bridgehead atoms. The molecule has 0 spiro atoms. The van der Waals surface area contributed by atoms with Gasteiger partial charge in [0, 0.05) is 16.1 Å². The molecule has 1 saturated heterocycles. The number of ether oxygens (including phenoxy) is 1. The van der Waals surface area contributed by atoms with Gasteiger partial charge in [0.2, 0.25) is 0 Å². The highest BCUT2D eigenvalue weighted by atomic mass is 32.1. The summed E-state index contributed by atoms with van der Waals surface area (Å²) in [7, 11) is 0. The molecule has 5 rings (SSSR count). The molecule has 4 aromatic rings. The van der Waals surface area contributed by atoms with Crippen molar-refractivity contribution >= 4 is 34.5 Å². The van der Waals surface area contributed by atoms with Crippen molar-refractivity contribution in [2.45, 2.75) is 32.9 Å². The van der Waals surface area contributed by atoms with Gasteiger partial charge in [-0.1, -0.05) is 55.5 Å². The van der Waals surface area contributed by atoms with Crippen LogP contribution in [-0.4, -0.2) is 16.8 Å². The molecule has 1 N–H and O–H groups in total. The van der Waals surface area contributed by atoms with Crippen LogP contribution in [0.1, 0.15) is 40.1 Å². The summed E-state index contributed by atoms with van der Waals surface area (Å²) in [6.45, 7) is 4.38. The highest BCUT2D eigenvalue weighted by Crippen LogP contribution is 2.43. The van der Waals surface area contributed by atoms with E-state index >= 15 is 0 Å². The molecule has 1 atom stereocenters. The Morgan fingerprint density at radius 1 is 0.946 bits per heavy atom. The second-order valence-electron chi connectivity index (χ2n) is 8.96. The molecule has 1 aliphatic heterocycles. The number of thiophene rings is 1. The number of hydrogen-bond donors (Lipinski definition) is 1. The number of hydrogen-bond acceptors (Lipinski definition) is 5. The highest BCUT2D eigenvalue weighted by molar-refractivity contribution is 7.10. The van der Waals surface area contributed by atoms with E-state index in [0.717, 1.165) is 28.0 Å². The third-order valence-electron chi connectivity index (χ3n) is 6.57. The summed E-state index contributed by atoms with van der Waals surface area (Å²) in [5, 5.41) is 13.3. The van der Waals surface area contributed by atoms with Gasteiger partial charge in [0.15, 0.2) is 0 Å². The van der Waals surface area contributed by atoms with Gasteiger partial charge in [0.1, 0.15) is 24.2 Å². The van der Waals surface area contributed by atoms with E-state index in [4.69, 9.17) is 4.74 Å². The van der Waals surface area contributed by atoms with Gasteiger partial charge in [-0.3, -0.25) is 14.5 Å². The Balaban J connectivity index is 1.52. The lowest BCUT2D eigenvalue weighted by molar-refractivity contribution is -0.132. The minimum absolute atomic E-state index is 0.0874. The molecule has 3 aromatic carbocycles. The van der Waals surface area contributed by atoms with Gasteiger partial charge in [0.25, 0.3) is 11.7 Å². The Morgan fingerprint density at radius 3 is 2.35 bits per heavy atom. The maximum Gasteiger partial charge on any atom is 0.300 e. The van der Waals surface area contributed by atoms with E-state index in [2.05, 4.69) is 6.92 Å². The highest BCUT2D eigenvalue weighted by Gasteiger charge is 2.47. The minimum atomic E-state index is -0.707. The van der Waals surface area contributed by atoms with E-state index in [0.29, 0.717) is 23.6 Å². The third kappa shape index (κ3) is 4.80. The van der Waals surface area contributed by atoms with Crippen LogP contribution in [0.2, 0.25) is 0 Å². The first kappa shape index (κ1) is 24.5. The summed E-state index contributed by atoms with van der Waals surface area (Å²) in [5.74, 6) is -0.852. The Bertz CT molecular complexity index is 1460. The van der Waals surface area contributed by atoms with Gasteiger partial charge in [-0.2, -0.15) is 0 Å². The summed E-state index contributed by atoms with van der Waals surface area (Å²) in [6, 6.07) is 25.8. The molecule has 0 radical (unpaired) electrons. The number of anilines is 1. The molecule has 1 aliphatic rings. The zero-order valence-corrected chi connectivity index (χ0v) is 21.5. The van der Waals surface area contributed by atoms with Crippen molar-refractivity contribution in [3.8, 4) is 5.75 Å². The molecule has 5 nitrogen and oxygen atoms in total. The van der Waals surface area contributed by atoms with Crippen LogP contribution in [0.15, 0.2) is 95.9 Å². The lowest BCUT2D eigenvalue weighted by Gasteiger charge is -2.24. The number of nitrogens with zero attached hydrogens (tertiary/aromatic N) is 1. The Hall–Kier alpha value is -4.16. The van der Waals surface area contributed by atoms with Crippen molar-refractivity contribution in [2.75, 3.05) is 4.90 Å². The summed E-state index contributed by atoms with van der Waals surface area (Å²) in [4.78, 5) is 28.9. The second kappa shape index (κ2) is 10.4. The van der Waals surface area contributed by atoms with Crippen LogP contribution < -0.4 is 9.64 Å². The van der Waals surface area contributed by atoms with Crippen LogP contribution in [0.25, 0.3) is 5.76 Å². The molecule has 1 aromatic heterocycles. The summed E-state index contributed by atoms with van der Waals surface area (Å²) < 4.78 is 5.97. The first-order chi connectivity index (χ1) is 18.0. The Labute approximate surface area is 220 Å². The molecule has 6 heteroatoms. The van der Waals surface area contributed by atoms with Crippen LogP contribution in [-0.2, 0) is 22.6 Å². The number of carbonyl (C=O) groups is 2. The third-order valence-corrected chi connectivity index (χ3v) is 7.49. The molecule has 1 amide bonds. The number of rotatable bonds is 7. The van der Waals surface area contributed by atoms with Crippen LogP contribution in [0.4, 0.5) is 5.69 Å². The number of carbonyl (C=O) groups excluding carboxylic acids is 2. The van der Waals surface area contributed by atoms with Crippen molar-refractivity contribution in [1.82, 2.24) is 0 Å². The lowest BCUT2D eigenvalue weighted by Crippen LogP contribution is -2.29. The van der Waals surface area contributed by atoms with Crippen molar-refractivity contribution in [2.24, 2.45) is 0 Å². The van der Waals surface area contributed by atoms with E-state index in [1.165, 1.54) is 16.2 Å². The smallest absolute Gasteiger partial charge is 0.300 e. The fourth-order valence-electron chi connectivity index (χ4n) is 4.56. The van der Waals surface area contributed by atoms with Crippen molar-refractivity contribution in [1.29, 1.82) is 0 Å². The van der Waals surface area contributed by atoms with Gasteiger partial charge in [-0.25, -0.2) is 0 Å². The topological polar surface area (TPSA) is 66.8 Å². The minimum Gasteiger partial charge on any atom is -0.507 e. The maximum absolute atomic E-state index is 13.3. The Kier molecular flexibility index (Phi) is 6.93. The number of aliphatic hydroxyl groups is 1. The van der Waals surface area contributed by atoms with Crippen molar-refractivity contribution < 1.29 is 19.4 Å². The number of aliphatic hydroxyl groups excluding tert-OH is 1. The van der Waals surface area contributed by atoms with Gasteiger partial charge in [0.05, 0.1) is 5.57 Å². The average Bonchev–Trinajstić information content (AvgIpc) is 3.55. The van der Waals surface area contributed by atoms with E-state index in [-0.39, 0.29) is 11.3 Å². The molecule has 1 unspecified atom stereocenters. The fraction of sp³-hybridized carbons (Fsp3) is 0.161. The van der Waals surface area contributed by atoms with Crippen LogP contribution in [0, 0.1) is 6.92 Å². The normalized spacial score (nSPS) is 16.8. The SMILES string of the molecule is CCc1ccc(N2C(=O)C(=O)/C(=C(\O)c3ccc(OCc4ccccc4)c(C)c3)C2c2cccs2)cc1. The summed E-state index contributed by atoms with van der Waals surface area (Å²) in [5.41, 5.74) is 4.18. The zero-order valence-electron chi connectivity index (χ0n) is 20.7. The predicted octanol–water partition coefficient (Wildman–Crippen LogP) is 6.82. The second-order valence-corrected chi connectivity index (χ2v) is 9.94. The summed E-state index contributed by atoms with van der Waals surface area (Å²) >= 11 is 1.45. The molecule has 0 saturated carbocycles. The van der Waals surface area contributed by atoms with Crippen molar-refractivity contribution in [3.63, 3.8) is 0 Å².